The first-order valence-electron chi connectivity index (χ1n) is 6.05. The van der Waals surface area contributed by atoms with Gasteiger partial charge in [0.25, 0.3) is 0 Å². The van der Waals surface area contributed by atoms with Crippen molar-refractivity contribution in [2.24, 2.45) is 0 Å². The van der Waals surface area contributed by atoms with Crippen LogP contribution in [0.4, 0.5) is 5.82 Å². The summed E-state index contributed by atoms with van der Waals surface area (Å²) >= 11 is 0. The van der Waals surface area contributed by atoms with Gasteiger partial charge in [0.2, 0.25) is 0 Å². The third kappa shape index (κ3) is 3.00. The fraction of sp³-hybridized carbons (Fsp3) is 0.267. The van der Waals surface area contributed by atoms with E-state index in [1.54, 1.807) is 7.11 Å². The molecule has 0 aliphatic heterocycles. The fourth-order valence-electron chi connectivity index (χ4n) is 1.89. The zero-order valence-corrected chi connectivity index (χ0v) is 10.8. The van der Waals surface area contributed by atoms with E-state index in [0.717, 1.165) is 24.5 Å². The van der Waals surface area contributed by atoms with Crippen molar-refractivity contribution in [3.05, 3.63) is 54.2 Å². The summed E-state index contributed by atoms with van der Waals surface area (Å²) in [5, 5.41) is 0. The van der Waals surface area contributed by atoms with E-state index in [-0.39, 0.29) is 0 Å². The van der Waals surface area contributed by atoms with E-state index in [1.807, 2.05) is 42.6 Å². The molecule has 1 aromatic carbocycles. The highest BCUT2D eigenvalue weighted by atomic mass is 16.5. The van der Waals surface area contributed by atoms with Crippen LogP contribution < -0.4 is 9.64 Å². The van der Waals surface area contributed by atoms with Crippen LogP contribution in [-0.2, 0) is 6.42 Å². The molecular weight excluding hydrogens is 224 g/mol. The zero-order valence-electron chi connectivity index (χ0n) is 10.8. The lowest BCUT2D eigenvalue weighted by atomic mass is 10.1. The molecule has 0 atom stereocenters. The Balaban J connectivity index is 1.99. The van der Waals surface area contributed by atoms with Crippen molar-refractivity contribution in [1.29, 1.82) is 0 Å². The van der Waals surface area contributed by atoms with Crippen molar-refractivity contribution in [1.82, 2.24) is 4.98 Å². The monoisotopic (exact) mass is 242 g/mol. The Kier molecular flexibility index (Phi) is 4.18. The van der Waals surface area contributed by atoms with Gasteiger partial charge in [-0.3, -0.25) is 0 Å². The highest BCUT2D eigenvalue weighted by Gasteiger charge is 2.05. The molecule has 3 heteroatoms. The Morgan fingerprint density at radius 1 is 1.11 bits per heavy atom. The van der Waals surface area contributed by atoms with Gasteiger partial charge in [-0.15, -0.1) is 0 Å². The quantitative estimate of drug-likeness (QED) is 0.806. The van der Waals surface area contributed by atoms with Gasteiger partial charge < -0.3 is 9.64 Å². The summed E-state index contributed by atoms with van der Waals surface area (Å²) < 4.78 is 5.35. The predicted molar refractivity (Wildman–Crippen MR) is 74.2 cm³/mol. The highest BCUT2D eigenvalue weighted by molar-refractivity contribution is 5.38. The van der Waals surface area contributed by atoms with Gasteiger partial charge in [-0.25, -0.2) is 4.98 Å². The Bertz CT molecular complexity index is 485. The molecule has 2 aromatic rings. The summed E-state index contributed by atoms with van der Waals surface area (Å²) in [5.74, 6) is 1.94. The average molecular weight is 242 g/mol. The fourth-order valence-corrected chi connectivity index (χ4v) is 1.89. The smallest absolute Gasteiger partial charge is 0.128 e. The molecule has 1 heterocycles. The molecular formula is C15H18N2O. The van der Waals surface area contributed by atoms with Crippen molar-refractivity contribution in [2.75, 3.05) is 25.6 Å². The van der Waals surface area contributed by atoms with Crippen LogP contribution in [0.3, 0.4) is 0 Å². The Labute approximate surface area is 108 Å². The summed E-state index contributed by atoms with van der Waals surface area (Å²) in [6.07, 6.45) is 2.76. The molecule has 1 aromatic heterocycles. The maximum absolute atomic E-state index is 5.35. The summed E-state index contributed by atoms with van der Waals surface area (Å²) in [6, 6.07) is 14.1. The molecule has 0 aliphatic rings. The van der Waals surface area contributed by atoms with Gasteiger partial charge in [0.15, 0.2) is 0 Å². The number of nitrogens with zero attached hydrogens (tertiary/aromatic N) is 2. The molecule has 18 heavy (non-hydrogen) atoms. The second-order valence-electron chi connectivity index (χ2n) is 4.17. The molecule has 0 fully saturated rings. The molecule has 2 rings (SSSR count). The van der Waals surface area contributed by atoms with E-state index in [0.29, 0.717) is 0 Å². The van der Waals surface area contributed by atoms with Gasteiger partial charge in [-0.1, -0.05) is 24.3 Å². The molecule has 0 spiro atoms. The molecule has 0 unspecified atom stereocenters. The molecule has 3 nitrogen and oxygen atoms in total. The van der Waals surface area contributed by atoms with Gasteiger partial charge in [0.05, 0.1) is 7.11 Å². The number of aromatic nitrogens is 1. The van der Waals surface area contributed by atoms with E-state index in [9.17, 15) is 0 Å². The van der Waals surface area contributed by atoms with Gasteiger partial charge >= 0.3 is 0 Å². The summed E-state index contributed by atoms with van der Waals surface area (Å²) in [7, 11) is 3.76. The highest BCUT2D eigenvalue weighted by Crippen LogP contribution is 2.18. The first-order valence-corrected chi connectivity index (χ1v) is 6.05. The lowest BCUT2D eigenvalue weighted by Crippen LogP contribution is -2.21. The van der Waals surface area contributed by atoms with Crippen LogP contribution in [0.5, 0.6) is 5.75 Å². The van der Waals surface area contributed by atoms with E-state index in [4.69, 9.17) is 4.74 Å². The number of hydrogen-bond donors (Lipinski definition) is 0. The van der Waals surface area contributed by atoms with Crippen molar-refractivity contribution in [3.8, 4) is 5.75 Å². The third-order valence-corrected chi connectivity index (χ3v) is 2.95. The second-order valence-corrected chi connectivity index (χ2v) is 4.17. The number of likely N-dealkylation sites (N-methyl/N-ethyl adjacent to an activating group) is 1. The van der Waals surface area contributed by atoms with Crippen LogP contribution in [-0.4, -0.2) is 25.7 Å². The number of rotatable bonds is 5. The summed E-state index contributed by atoms with van der Waals surface area (Å²) in [6.45, 7) is 0.914. The van der Waals surface area contributed by atoms with Crippen molar-refractivity contribution >= 4 is 5.82 Å². The van der Waals surface area contributed by atoms with Crippen LogP contribution in [0.2, 0.25) is 0 Å². The third-order valence-electron chi connectivity index (χ3n) is 2.95. The number of benzene rings is 1. The lowest BCUT2D eigenvalue weighted by molar-refractivity contribution is 0.409. The molecule has 0 aliphatic carbocycles. The zero-order chi connectivity index (χ0) is 12.8. The molecule has 0 amide bonds. The van der Waals surface area contributed by atoms with Crippen LogP contribution in [0.1, 0.15) is 5.56 Å². The number of para-hydroxylation sites is 1. The number of methoxy groups -OCH3 is 1. The molecule has 0 N–H and O–H groups in total. The van der Waals surface area contributed by atoms with Gasteiger partial charge in [0, 0.05) is 19.8 Å². The number of ether oxygens (including phenoxy) is 1. The van der Waals surface area contributed by atoms with E-state index in [1.165, 1.54) is 5.56 Å². The Morgan fingerprint density at radius 3 is 2.61 bits per heavy atom. The van der Waals surface area contributed by atoms with Crippen molar-refractivity contribution in [2.45, 2.75) is 6.42 Å². The van der Waals surface area contributed by atoms with Crippen molar-refractivity contribution in [3.63, 3.8) is 0 Å². The van der Waals surface area contributed by atoms with Crippen LogP contribution >= 0.6 is 0 Å². The molecule has 94 valence electrons. The Morgan fingerprint density at radius 2 is 1.89 bits per heavy atom. The second kappa shape index (κ2) is 6.05. The number of anilines is 1. The van der Waals surface area contributed by atoms with Crippen LogP contribution in [0.15, 0.2) is 48.7 Å². The van der Waals surface area contributed by atoms with E-state index in [2.05, 4.69) is 23.0 Å². The van der Waals surface area contributed by atoms with E-state index >= 15 is 0 Å². The van der Waals surface area contributed by atoms with Crippen LogP contribution in [0.25, 0.3) is 0 Å². The average Bonchev–Trinajstić information content (AvgIpc) is 2.46. The van der Waals surface area contributed by atoms with Crippen molar-refractivity contribution < 1.29 is 4.74 Å². The topological polar surface area (TPSA) is 25.4 Å². The Hall–Kier alpha value is -2.03. The SMILES string of the molecule is COc1ccccc1CCN(C)c1ccccn1. The lowest BCUT2D eigenvalue weighted by Gasteiger charge is -2.18. The molecule has 0 saturated carbocycles. The van der Waals surface area contributed by atoms with Gasteiger partial charge in [-0.2, -0.15) is 0 Å². The van der Waals surface area contributed by atoms with Gasteiger partial charge in [0.1, 0.15) is 11.6 Å². The maximum atomic E-state index is 5.35. The van der Waals surface area contributed by atoms with Crippen LogP contribution in [0, 0.1) is 0 Å². The van der Waals surface area contributed by atoms with E-state index < -0.39 is 0 Å². The minimum Gasteiger partial charge on any atom is -0.496 e. The molecule has 0 bridgehead atoms. The largest absolute Gasteiger partial charge is 0.496 e. The predicted octanol–water partition coefficient (Wildman–Crippen LogP) is 2.77. The number of pyridine rings is 1. The first-order chi connectivity index (χ1) is 8.81. The number of hydrogen-bond acceptors (Lipinski definition) is 3. The maximum Gasteiger partial charge on any atom is 0.128 e. The summed E-state index contributed by atoms with van der Waals surface area (Å²) in [5.41, 5.74) is 1.22. The minimum atomic E-state index is 0.914. The first kappa shape index (κ1) is 12.4. The molecule has 0 radical (unpaired) electrons. The molecule has 0 saturated heterocycles. The normalized spacial score (nSPS) is 10.1. The minimum absolute atomic E-state index is 0.914. The standard InChI is InChI=1S/C15H18N2O/c1-17(15-9-5-6-11-16-15)12-10-13-7-3-4-8-14(13)18-2/h3-9,11H,10,12H2,1-2H3. The van der Waals surface area contributed by atoms with Gasteiger partial charge in [-0.05, 0) is 30.2 Å². The summed E-state index contributed by atoms with van der Waals surface area (Å²) in [4.78, 5) is 6.47.